The molecular formula is C26H29I2Na3O16S5. The fraction of sp³-hybridized carbons (Fsp3) is 0.308. The zero-order valence-electron chi connectivity index (χ0n) is 28.6. The minimum atomic E-state index is -3.56. The molecule has 0 unspecified atom stereocenters. The Labute approximate surface area is 409 Å². The molecule has 1 N–H and O–H groups in total. The monoisotopic (exact) mass is 1080 g/mol. The third-order valence-electron chi connectivity index (χ3n) is 5.34. The van der Waals surface area contributed by atoms with E-state index >= 15 is 0 Å². The van der Waals surface area contributed by atoms with Crippen molar-refractivity contribution in [2.75, 3.05) is 20.4 Å². The maximum atomic E-state index is 11.5. The van der Waals surface area contributed by atoms with Crippen LogP contribution in [0.5, 0.6) is 11.5 Å². The molecule has 0 aliphatic rings. The molecule has 276 valence electrons. The van der Waals surface area contributed by atoms with E-state index in [0.29, 0.717) is 36.3 Å². The van der Waals surface area contributed by atoms with Crippen LogP contribution in [-0.2, 0) is 55.0 Å². The molecule has 16 nitrogen and oxygen atoms in total. The second kappa shape index (κ2) is 33.1. The van der Waals surface area contributed by atoms with Crippen LogP contribution in [0.15, 0.2) is 69.3 Å². The molecule has 0 aliphatic carbocycles. The van der Waals surface area contributed by atoms with Crippen molar-refractivity contribution in [2.45, 2.75) is 42.1 Å². The SMILES string of the molecule is Cc1cc(C)c(SOO[O-])cc1CO.Cc1cc(SOO[O-])ccc1OS(=O)(=O)CCI.O=S(=O)(CCI)Oc1ccc(SOO[O-])cc1.[Na+].[Na+].[Na+]. The average Bonchev–Trinajstić information content (AvgIpc) is 3.04. The van der Waals surface area contributed by atoms with Crippen molar-refractivity contribution in [3.05, 3.63) is 76.9 Å². The van der Waals surface area contributed by atoms with Crippen LogP contribution in [0.2, 0.25) is 0 Å². The van der Waals surface area contributed by atoms with Crippen LogP contribution in [0.3, 0.4) is 0 Å². The largest absolute Gasteiger partial charge is 1.00 e. The van der Waals surface area contributed by atoms with Crippen LogP contribution >= 0.6 is 81.3 Å². The predicted molar refractivity (Wildman–Crippen MR) is 190 cm³/mol. The van der Waals surface area contributed by atoms with E-state index < -0.39 is 20.2 Å². The van der Waals surface area contributed by atoms with Gasteiger partial charge in [-0.25, -0.2) is 0 Å². The topological polar surface area (TPSA) is 232 Å². The number of hydrogen-bond acceptors (Lipinski definition) is 19. The second-order valence-corrected chi connectivity index (χ2v) is 16.7. The fourth-order valence-corrected chi connectivity index (χ4v) is 9.10. The van der Waals surface area contributed by atoms with Crippen molar-refractivity contribution in [2.24, 2.45) is 0 Å². The van der Waals surface area contributed by atoms with Gasteiger partial charge in [0.15, 0.2) is 0 Å². The molecular weight excluding hydrogens is 1050 g/mol. The van der Waals surface area contributed by atoms with Crippen molar-refractivity contribution in [1.82, 2.24) is 0 Å². The molecule has 0 bridgehead atoms. The molecule has 0 spiro atoms. The summed E-state index contributed by atoms with van der Waals surface area (Å²) < 4.78 is 68.8. The number of aliphatic hydroxyl groups excluding tert-OH is 1. The summed E-state index contributed by atoms with van der Waals surface area (Å²) in [7, 11) is -7.09. The molecule has 0 heterocycles. The van der Waals surface area contributed by atoms with Gasteiger partial charge < -0.3 is 29.2 Å². The molecule has 3 aromatic rings. The van der Waals surface area contributed by atoms with E-state index in [9.17, 15) is 32.6 Å². The third kappa shape index (κ3) is 25.6. The van der Waals surface area contributed by atoms with E-state index in [-0.39, 0.29) is 118 Å². The molecule has 0 amide bonds. The minimum absolute atomic E-state index is 0. The molecule has 3 rings (SSSR count). The predicted octanol–water partition coefficient (Wildman–Crippen LogP) is -5.53. The van der Waals surface area contributed by atoms with E-state index in [0.717, 1.165) is 45.7 Å². The van der Waals surface area contributed by atoms with E-state index in [2.05, 4.69) is 28.1 Å². The molecule has 0 radical (unpaired) electrons. The molecule has 0 saturated carbocycles. The van der Waals surface area contributed by atoms with E-state index in [1.165, 1.54) is 18.2 Å². The first-order valence-corrected chi connectivity index (χ1v) is 21.4. The Morgan fingerprint density at radius 3 is 1.60 bits per heavy atom. The standard InChI is InChI=1S/C9H11IO6S2.C9H12O4S.C8H9IO6S2.3Na/c1-7-6-8(17-16-15-11)2-3-9(7)14-18(12,13)5-4-10;1-6-3-7(2)9(14-13-12-11)4-8(6)5-10;9-5-6-17(11,12)13-7-1-3-8(4-2-7)16-15-14-10;;;/h2-3,6,11H,4-5H2,1H3;3-4,10-11H,5H2,1-2H3;1-4,10H,5-6H2;;;/q;;;3*+1/p-3. The van der Waals surface area contributed by atoms with E-state index in [1.807, 2.05) is 65.1 Å². The zero-order valence-corrected chi connectivity index (χ0v) is 43.0. The summed E-state index contributed by atoms with van der Waals surface area (Å²) in [6, 6.07) is 14.4. The first kappa shape index (κ1) is 58.6. The fourth-order valence-electron chi connectivity index (χ4n) is 3.17. The normalized spacial score (nSPS) is 10.6. The molecule has 0 atom stereocenters. The smallest absolute Gasteiger partial charge is 0.691 e. The number of halogens is 2. The van der Waals surface area contributed by atoms with Crippen molar-refractivity contribution >= 4 is 102 Å². The summed E-state index contributed by atoms with van der Waals surface area (Å²) in [6.45, 7) is 5.47. The Kier molecular flexibility index (Phi) is 37.3. The average molecular weight is 1080 g/mol. The minimum Gasteiger partial charge on any atom is -0.691 e. The van der Waals surface area contributed by atoms with Gasteiger partial charge >= 0.3 is 109 Å². The van der Waals surface area contributed by atoms with Gasteiger partial charge in [-0.3, -0.25) is 15.1 Å². The molecule has 3 aromatic carbocycles. The first-order chi connectivity index (χ1) is 23.2. The second-order valence-electron chi connectivity index (χ2n) is 8.83. The van der Waals surface area contributed by atoms with Gasteiger partial charge in [0.05, 0.1) is 54.2 Å². The van der Waals surface area contributed by atoms with Crippen molar-refractivity contribution in [3.8, 4) is 11.5 Å². The number of alkyl halides is 2. The van der Waals surface area contributed by atoms with Crippen molar-refractivity contribution in [3.63, 3.8) is 0 Å². The summed E-state index contributed by atoms with van der Waals surface area (Å²) in [5, 5.41) is 47.6. The summed E-state index contributed by atoms with van der Waals surface area (Å²) in [6.07, 6.45) is 0. The third-order valence-corrected chi connectivity index (χ3v) is 12.1. The van der Waals surface area contributed by atoms with Gasteiger partial charge in [-0.15, -0.1) is 0 Å². The first-order valence-electron chi connectivity index (χ1n) is 13.0. The van der Waals surface area contributed by atoms with Crippen LogP contribution in [0.4, 0.5) is 0 Å². The molecule has 0 fully saturated rings. The Morgan fingerprint density at radius 1 is 0.635 bits per heavy atom. The van der Waals surface area contributed by atoms with Crippen LogP contribution < -0.4 is 113 Å². The van der Waals surface area contributed by atoms with Gasteiger partial charge in [-0.05, 0) is 91.6 Å². The number of hydrogen-bond donors (Lipinski definition) is 1. The van der Waals surface area contributed by atoms with E-state index in [4.69, 9.17) is 13.5 Å². The van der Waals surface area contributed by atoms with Crippen LogP contribution in [0, 0.1) is 20.8 Å². The van der Waals surface area contributed by atoms with Gasteiger partial charge in [0.1, 0.15) is 11.5 Å². The summed E-state index contributed by atoms with van der Waals surface area (Å²) in [5.41, 5.74) is 3.42. The van der Waals surface area contributed by atoms with Crippen LogP contribution in [0.25, 0.3) is 0 Å². The number of rotatable bonds is 18. The van der Waals surface area contributed by atoms with E-state index in [1.54, 1.807) is 37.3 Å². The Hall–Kier alpha value is 2.27. The van der Waals surface area contributed by atoms with Gasteiger partial charge in [0.2, 0.25) is 0 Å². The Balaban J connectivity index is -0.000000678. The number of benzene rings is 3. The Bertz CT molecular complexity index is 1630. The van der Waals surface area contributed by atoms with Crippen molar-refractivity contribution < 1.29 is 163 Å². The van der Waals surface area contributed by atoms with Gasteiger partial charge in [-0.1, -0.05) is 51.2 Å². The van der Waals surface area contributed by atoms with Gasteiger partial charge in [0.25, 0.3) is 0 Å². The summed E-state index contributed by atoms with van der Waals surface area (Å²) in [4.78, 5) is 1.94. The maximum Gasteiger partial charge on any atom is 1.00 e. The Morgan fingerprint density at radius 2 is 1.12 bits per heavy atom. The molecule has 0 aliphatic heterocycles. The molecule has 0 aromatic heterocycles. The molecule has 0 saturated heterocycles. The van der Waals surface area contributed by atoms with Crippen LogP contribution in [-0.4, -0.2) is 42.3 Å². The quantitative estimate of drug-likeness (QED) is 0.0238. The molecule has 52 heavy (non-hydrogen) atoms. The maximum absolute atomic E-state index is 11.5. The number of aliphatic hydroxyl groups is 1. The van der Waals surface area contributed by atoms with Crippen LogP contribution in [0.1, 0.15) is 22.3 Å². The van der Waals surface area contributed by atoms with Crippen molar-refractivity contribution in [1.29, 1.82) is 0 Å². The molecule has 26 heteroatoms. The number of aryl methyl sites for hydroxylation is 3. The zero-order chi connectivity index (χ0) is 36.9. The van der Waals surface area contributed by atoms with Gasteiger partial charge in [-0.2, -0.15) is 29.8 Å². The van der Waals surface area contributed by atoms with Gasteiger partial charge in [0, 0.05) is 23.5 Å². The summed E-state index contributed by atoms with van der Waals surface area (Å²) >= 11 is 6.20. The summed E-state index contributed by atoms with van der Waals surface area (Å²) in [5.74, 6) is 0.378.